The molecule has 0 spiro atoms. The Labute approximate surface area is 215 Å². The van der Waals surface area contributed by atoms with Gasteiger partial charge < -0.3 is 5.32 Å². The molecule has 4 nitrogen and oxygen atoms in total. The second-order valence-corrected chi connectivity index (χ2v) is 8.83. The van der Waals surface area contributed by atoms with Crippen molar-refractivity contribution in [2.24, 2.45) is 0 Å². The van der Waals surface area contributed by atoms with Crippen LogP contribution in [0.15, 0.2) is 85.7 Å². The lowest BCUT2D eigenvalue weighted by atomic mass is 9.88. The first kappa shape index (κ1) is 26.1. The fraction of sp³-hybridized carbons (Fsp3) is 0.233. The van der Waals surface area contributed by atoms with Crippen molar-refractivity contribution in [3.63, 3.8) is 0 Å². The van der Waals surface area contributed by atoms with Crippen LogP contribution in [0.1, 0.15) is 55.7 Å². The van der Waals surface area contributed by atoms with Gasteiger partial charge in [0.05, 0.1) is 11.3 Å². The molecule has 0 aliphatic carbocycles. The molecule has 0 bridgehead atoms. The van der Waals surface area contributed by atoms with Gasteiger partial charge >= 0.3 is 6.18 Å². The maximum absolute atomic E-state index is 13.8. The largest absolute Gasteiger partial charge is 0.417 e. The van der Waals surface area contributed by atoms with Crippen molar-refractivity contribution in [2.45, 2.75) is 45.2 Å². The molecule has 2 heterocycles. The van der Waals surface area contributed by atoms with Gasteiger partial charge in [-0.1, -0.05) is 69.3 Å². The van der Waals surface area contributed by atoms with Gasteiger partial charge in [0.25, 0.3) is 0 Å². The van der Waals surface area contributed by atoms with Crippen LogP contribution in [-0.2, 0) is 6.18 Å². The molecule has 4 rings (SSSR count). The van der Waals surface area contributed by atoms with Crippen molar-refractivity contribution in [2.75, 3.05) is 5.32 Å². The molecule has 0 aliphatic rings. The Morgan fingerprint density at radius 2 is 1.65 bits per heavy atom. The van der Waals surface area contributed by atoms with Crippen LogP contribution in [0.2, 0.25) is 0 Å². The summed E-state index contributed by atoms with van der Waals surface area (Å²) in [5.74, 6) is 0.715. The molecule has 4 aromatic rings. The lowest BCUT2D eigenvalue weighted by molar-refractivity contribution is -0.137. The Kier molecular flexibility index (Phi) is 8.01. The first-order valence-electron chi connectivity index (χ1n) is 12.3. The summed E-state index contributed by atoms with van der Waals surface area (Å²) in [6.45, 7) is 8.59. The predicted molar refractivity (Wildman–Crippen MR) is 143 cm³/mol. The first-order valence-corrected chi connectivity index (χ1v) is 12.3. The molecule has 7 heteroatoms. The van der Waals surface area contributed by atoms with Crippen molar-refractivity contribution in [1.82, 2.24) is 15.0 Å². The fourth-order valence-corrected chi connectivity index (χ4v) is 4.51. The number of anilines is 1. The molecule has 1 N–H and O–H groups in total. The molecule has 37 heavy (non-hydrogen) atoms. The number of pyridine rings is 1. The average molecular weight is 503 g/mol. The number of nitrogens with one attached hydrogen (secondary N) is 1. The number of halogens is 3. The highest BCUT2D eigenvalue weighted by atomic mass is 19.4. The van der Waals surface area contributed by atoms with Gasteiger partial charge in [0, 0.05) is 40.8 Å². The van der Waals surface area contributed by atoms with E-state index in [4.69, 9.17) is 0 Å². The van der Waals surface area contributed by atoms with E-state index in [0.717, 1.165) is 30.9 Å². The third-order valence-corrected chi connectivity index (χ3v) is 6.31. The summed E-state index contributed by atoms with van der Waals surface area (Å²) < 4.78 is 41.4. The molecule has 2 aromatic heterocycles. The minimum Gasteiger partial charge on any atom is -0.340 e. The zero-order chi connectivity index (χ0) is 26.4. The quantitative estimate of drug-likeness (QED) is 0.249. The highest BCUT2D eigenvalue weighted by Gasteiger charge is 2.34. The van der Waals surface area contributed by atoms with Crippen LogP contribution in [0.4, 0.5) is 19.0 Å². The lowest BCUT2D eigenvalue weighted by Gasteiger charge is -2.21. The fourth-order valence-electron chi connectivity index (χ4n) is 4.51. The smallest absolute Gasteiger partial charge is 0.340 e. The van der Waals surface area contributed by atoms with Crippen LogP contribution in [-0.4, -0.2) is 15.0 Å². The van der Waals surface area contributed by atoms with Gasteiger partial charge in [-0.15, -0.1) is 0 Å². The Hall–Kier alpha value is -4.00. The summed E-state index contributed by atoms with van der Waals surface area (Å²) in [6, 6.07) is 18.7. The van der Waals surface area contributed by atoms with Crippen molar-refractivity contribution in [3.8, 4) is 22.6 Å². The van der Waals surface area contributed by atoms with Gasteiger partial charge in [0.1, 0.15) is 5.82 Å². The molecule has 0 saturated heterocycles. The van der Waals surface area contributed by atoms with Crippen LogP contribution in [0.25, 0.3) is 28.3 Å². The van der Waals surface area contributed by atoms with Crippen molar-refractivity contribution in [3.05, 3.63) is 102 Å². The molecule has 190 valence electrons. The Morgan fingerprint density at radius 1 is 0.946 bits per heavy atom. The summed E-state index contributed by atoms with van der Waals surface area (Å²) in [5.41, 5.74) is 3.09. The first-order chi connectivity index (χ1) is 17.8. The number of alkyl halides is 3. The molecule has 0 amide bonds. The second kappa shape index (κ2) is 11.4. The standard InChI is InChI=1S/C30H29F3N4/c1-4-10-21(5-2)24-12-7-6-11-23(24)20(3)35-28-19-27(22-15-17-34-18-16-22)36-29(37-28)25-13-8-9-14-26(25)30(31,32)33/h6-9,11-19,21H,3-5,10H2,1-2H3,(H,35,36,37). The minimum atomic E-state index is -4.54. The van der Waals surface area contributed by atoms with E-state index in [1.807, 2.05) is 18.2 Å². The Bertz CT molecular complexity index is 1370. The molecule has 0 fully saturated rings. The van der Waals surface area contributed by atoms with Crippen LogP contribution in [0.5, 0.6) is 0 Å². The summed E-state index contributed by atoms with van der Waals surface area (Å²) in [7, 11) is 0. The molecule has 0 aliphatic heterocycles. The van der Waals surface area contributed by atoms with Gasteiger partial charge in [0.2, 0.25) is 0 Å². The third-order valence-electron chi connectivity index (χ3n) is 6.31. The van der Waals surface area contributed by atoms with Gasteiger partial charge in [-0.25, -0.2) is 9.97 Å². The van der Waals surface area contributed by atoms with E-state index in [2.05, 4.69) is 46.8 Å². The van der Waals surface area contributed by atoms with E-state index in [9.17, 15) is 13.2 Å². The molecular formula is C30H29F3N4. The Balaban J connectivity index is 1.80. The minimum absolute atomic E-state index is 0.0248. The normalized spacial score (nSPS) is 12.2. The predicted octanol–water partition coefficient (Wildman–Crippen LogP) is 8.60. The number of benzene rings is 2. The van der Waals surface area contributed by atoms with Crippen molar-refractivity contribution < 1.29 is 13.2 Å². The third kappa shape index (κ3) is 6.05. The van der Waals surface area contributed by atoms with Crippen molar-refractivity contribution >= 4 is 11.5 Å². The highest BCUT2D eigenvalue weighted by Crippen LogP contribution is 2.37. The topological polar surface area (TPSA) is 50.7 Å². The maximum Gasteiger partial charge on any atom is 0.417 e. The van der Waals surface area contributed by atoms with Crippen LogP contribution in [0.3, 0.4) is 0 Å². The molecule has 1 atom stereocenters. The lowest BCUT2D eigenvalue weighted by Crippen LogP contribution is -2.10. The molecule has 0 saturated carbocycles. The summed E-state index contributed by atoms with van der Waals surface area (Å²) >= 11 is 0. The second-order valence-electron chi connectivity index (χ2n) is 8.83. The SMILES string of the molecule is C=C(Nc1cc(-c2ccncc2)nc(-c2ccccc2C(F)(F)F)n1)c1ccccc1C(CC)CCC. The van der Waals surface area contributed by atoms with Gasteiger partial charge in [0.15, 0.2) is 5.82 Å². The van der Waals surface area contributed by atoms with E-state index < -0.39 is 11.7 Å². The van der Waals surface area contributed by atoms with Crippen LogP contribution >= 0.6 is 0 Å². The summed E-state index contributed by atoms with van der Waals surface area (Å²) in [4.78, 5) is 13.0. The van der Waals surface area contributed by atoms with Gasteiger partial charge in [-0.2, -0.15) is 13.2 Å². The molecule has 2 aromatic carbocycles. The van der Waals surface area contributed by atoms with E-state index in [1.165, 1.54) is 17.7 Å². The molecular weight excluding hydrogens is 473 g/mol. The Morgan fingerprint density at radius 3 is 2.35 bits per heavy atom. The number of rotatable bonds is 9. The van der Waals surface area contributed by atoms with Gasteiger partial charge in [-0.3, -0.25) is 4.98 Å². The van der Waals surface area contributed by atoms with Crippen LogP contribution in [0, 0.1) is 0 Å². The molecule has 1 unspecified atom stereocenters. The van der Waals surface area contributed by atoms with E-state index in [-0.39, 0.29) is 11.4 Å². The number of hydrogen-bond acceptors (Lipinski definition) is 4. The number of hydrogen-bond donors (Lipinski definition) is 1. The molecule has 0 radical (unpaired) electrons. The van der Waals surface area contributed by atoms with E-state index >= 15 is 0 Å². The number of aromatic nitrogens is 3. The summed E-state index contributed by atoms with van der Waals surface area (Å²) in [6.07, 6.45) is 1.80. The monoisotopic (exact) mass is 502 g/mol. The maximum atomic E-state index is 13.8. The average Bonchev–Trinajstić information content (AvgIpc) is 2.91. The zero-order valence-electron chi connectivity index (χ0n) is 20.9. The van der Waals surface area contributed by atoms with Crippen LogP contribution < -0.4 is 5.32 Å². The summed E-state index contributed by atoms with van der Waals surface area (Å²) in [5, 5.41) is 3.26. The van der Waals surface area contributed by atoms with Crippen molar-refractivity contribution in [1.29, 1.82) is 0 Å². The highest BCUT2D eigenvalue weighted by molar-refractivity contribution is 5.78. The zero-order valence-corrected chi connectivity index (χ0v) is 20.9. The van der Waals surface area contributed by atoms with Gasteiger partial charge in [-0.05, 0) is 42.5 Å². The van der Waals surface area contributed by atoms with E-state index in [0.29, 0.717) is 28.7 Å². The number of nitrogens with zero attached hydrogens (tertiary/aromatic N) is 3. The van der Waals surface area contributed by atoms with E-state index in [1.54, 1.807) is 36.7 Å².